The van der Waals surface area contributed by atoms with Crippen LogP contribution in [0.25, 0.3) is 10.6 Å². The van der Waals surface area contributed by atoms with Crippen LogP contribution >= 0.6 is 11.3 Å². The molecule has 1 aliphatic rings. The molecule has 1 aliphatic heterocycles. The number of hydrogen-bond acceptors (Lipinski definition) is 7. The highest BCUT2D eigenvalue weighted by molar-refractivity contribution is 7.13. The fraction of sp³-hybridized carbons (Fsp3) is 0.211. The summed E-state index contributed by atoms with van der Waals surface area (Å²) in [5.41, 5.74) is 3.36. The first-order valence-electron chi connectivity index (χ1n) is 8.34. The summed E-state index contributed by atoms with van der Waals surface area (Å²) >= 11 is 1.50. The molecule has 3 heterocycles. The summed E-state index contributed by atoms with van der Waals surface area (Å²) in [5.74, 6) is -0.577. The lowest BCUT2D eigenvalue weighted by atomic mass is 10.0. The van der Waals surface area contributed by atoms with E-state index in [4.69, 9.17) is 9.15 Å². The molecule has 2 aromatic heterocycles. The number of nitrogens with zero attached hydrogens (tertiary/aromatic N) is 2. The van der Waals surface area contributed by atoms with Gasteiger partial charge >= 0.3 is 5.97 Å². The van der Waals surface area contributed by atoms with Gasteiger partial charge in [-0.25, -0.2) is 9.78 Å². The summed E-state index contributed by atoms with van der Waals surface area (Å²) in [5, 5.41) is 5.64. The van der Waals surface area contributed by atoms with Gasteiger partial charge < -0.3 is 19.4 Å². The van der Waals surface area contributed by atoms with E-state index >= 15 is 0 Å². The molecular formula is C19H17N3O4S. The first kappa shape index (κ1) is 17.3. The number of nitrogens with one attached hydrogen (secondary N) is 1. The fourth-order valence-electron chi connectivity index (χ4n) is 3.09. The van der Waals surface area contributed by atoms with Crippen molar-refractivity contribution in [2.24, 2.45) is 0 Å². The number of benzene rings is 1. The van der Waals surface area contributed by atoms with Crippen LogP contribution < -0.4 is 10.2 Å². The number of methoxy groups -OCH3 is 1. The number of fused-ring (bicyclic) bond motifs is 1. The number of para-hydroxylation sites is 1. The highest BCUT2D eigenvalue weighted by atomic mass is 32.1. The van der Waals surface area contributed by atoms with Crippen molar-refractivity contribution < 1.29 is 18.7 Å². The van der Waals surface area contributed by atoms with Gasteiger partial charge in [0.15, 0.2) is 0 Å². The maximum absolute atomic E-state index is 12.4. The van der Waals surface area contributed by atoms with E-state index in [9.17, 15) is 9.59 Å². The maximum Gasteiger partial charge on any atom is 0.340 e. The van der Waals surface area contributed by atoms with Crippen molar-refractivity contribution in [1.29, 1.82) is 0 Å². The monoisotopic (exact) mass is 383 g/mol. The molecule has 1 aromatic carbocycles. The highest BCUT2D eigenvalue weighted by Gasteiger charge is 2.33. The smallest absolute Gasteiger partial charge is 0.340 e. The molecule has 0 saturated carbocycles. The second kappa shape index (κ2) is 6.88. The molecule has 0 aliphatic carbocycles. The minimum Gasteiger partial charge on any atom is -0.472 e. The van der Waals surface area contributed by atoms with Crippen LogP contribution in [0.15, 0.2) is 46.6 Å². The van der Waals surface area contributed by atoms with Gasteiger partial charge in [0.05, 0.1) is 42.5 Å². The Morgan fingerprint density at radius 3 is 3.00 bits per heavy atom. The van der Waals surface area contributed by atoms with Gasteiger partial charge in [-0.2, -0.15) is 0 Å². The zero-order chi connectivity index (χ0) is 19.0. The maximum atomic E-state index is 12.4. The predicted molar refractivity (Wildman–Crippen MR) is 102 cm³/mol. The van der Waals surface area contributed by atoms with E-state index in [1.165, 1.54) is 18.4 Å². The Bertz CT molecular complexity index is 996. The molecule has 1 N–H and O–H groups in total. The second-order valence-corrected chi connectivity index (χ2v) is 7.00. The largest absolute Gasteiger partial charge is 0.472 e. The van der Waals surface area contributed by atoms with Crippen LogP contribution in [0.4, 0.5) is 11.4 Å². The normalized spacial score (nSPS) is 16.0. The van der Waals surface area contributed by atoms with Gasteiger partial charge in [0, 0.05) is 10.9 Å². The zero-order valence-electron chi connectivity index (χ0n) is 14.8. The average molecular weight is 383 g/mol. The third-order valence-electron chi connectivity index (χ3n) is 4.49. The summed E-state index contributed by atoms with van der Waals surface area (Å²) in [7, 11) is 1.34. The average Bonchev–Trinajstić information content (AvgIpc) is 3.35. The number of hydrogen-bond donors (Lipinski definition) is 1. The zero-order valence-corrected chi connectivity index (χ0v) is 15.6. The van der Waals surface area contributed by atoms with E-state index in [-0.39, 0.29) is 5.91 Å². The molecule has 0 spiro atoms. The lowest BCUT2D eigenvalue weighted by Gasteiger charge is -2.36. The summed E-state index contributed by atoms with van der Waals surface area (Å²) in [6.07, 6.45) is 3.25. The number of aromatic nitrogens is 1. The van der Waals surface area contributed by atoms with E-state index in [2.05, 4.69) is 10.3 Å². The molecule has 4 rings (SSSR count). The van der Waals surface area contributed by atoms with Crippen LogP contribution in [0.5, 0.6) is 0 Å². The molecule has 1 unspecified atom stereocenters. The number of carbonyl (C=O) groups excluding carboxylic acids is 2. The van der Waals surface area contributed by atoms with E-state index in [1.807, 2.05) is 16.3 Å². The van der Waals surface area contributed by atoms with E-state index in [0.29, 0.717) is 23.5 Å². The van der Waals surface area contributed by atoms with Crippen molar-refractivity contribution in [3.05, 3.63) is 53.4 Å². The Morgan fingerprint density at radius 1 is 1.41 bits per heavy atom. The molecule has 8 heteroatoms. The molecule has 1 amide bonds. The number of furan rings is 1. The van der Waals surface area contributed by atoms with Crippen molar-refractivity contribution in [2.75, 3.05) is 17.3 Å². The number of carbonyl (C=O) groups is 2. The number of esters is 1. The number of thiazole rings is 1. The lowest BCUT2D eigenvalue weighted by Crippen LogP contribution is -2.46. The number of anilines is 2. The highest BCUT2D eigenvalue weighted by Crippen LogP contribution is 2.37. The molecule has 1 atom stereocenters. The Morgan fingerprint density at radius 2 is 2.26 bits per heavy atom. The van der Waals surface area contributed by atoms with Gasteiger partial charge in [0.1, 0.15) is 17.3 Å². The Labute approximate surface area is 159 Å². The van der Waals surface area contributed by atoms with Crippen LogP contribution in [0.3, 0.4) is 0 Å². The van der Waals surface area contributed by atoms with Gasteiger partial charge in [-0.05, 0) is 25.1 Å². The third-order valence-corrected chi connectivity index (χ3v) is 5.43. The summed E-state index contributed by atoms with van der Waals surface area (Å²) in [4.78, 5) is 31.2. The van der Waals surface area contributed by atoms with Crippen molar-refractivity contribution >= 4 is 34.6 Å². The Hall–Kier alpha value is -3.13. The lowest BCUT2D eigenvalue weighted by molar-refractivity contribution is -0.117. The first-order valence-corrected chi connectivity index (χ1v) is 9.22. The number of amides is 1. The van der Waals surface area contributed by atoms with Gasteiger partial charge in [-0.1, -0.05) is 6.07 Å². The SMILES string of the molecule is COC(=O)c1cccc2c1N(Cc1csc(-c3ccoc3)n1)C(C)C(=O)N2. The quantitative estimate of drug-likeness (QED) is 0.694. The molecule has 138 valence electrons. The van der Waals surface area contributed by atoms with Crippen molar-refractivity contribution in [3.63, 3.8) is 0 Å². The van der Waals surface area contributed by atoms with Crippen molar-refractivity contribution in [3.8, 4) is 10.6 Å². The van der Waals surface area contributed by atoms with Crippen molar-refractivity contribution in [2.45, 2.75) is 19.5 Å². The van der Waals surface area contributed by atoms with Gasteiger partial charge in [-0.3, -0.25) is 4.79 Å². The van der Waals surface area contributed by atoms with Crippen LogP contribution in [-0.4, -0.2) is 30.0 Å². The molecule has 7 nitrogen and oxygen atoms in total. The Kier molecular flexibility index (Phi) is 4.41. The molecule has 27 heavy (non-hydrogen) atoms. The molecular weight excluding hydrogens is 366 g/mol. The topological polar surface area (TPSA) is 84.7 Å². The molecule has 0 radical (unpaired) electrons. The predicted octanol–water partition coefficient (Wildman–Crippen LogP) is 3.54. The van der Waals surface area contributed by atoms with E-state index < -0.39 is 12.0 Å². The summed E-state index contributed by atoms with van der Waals surface area (Å²) in [6, 6.07) is 6.59. The van der Waals surface area contributed by atoms with E-state index in [0.717, 1.165) is 16.3 Å². The van der Waals surface area contributed by atoms with Crippen LogP contribution in [0.1, 0.15) is 23.0 Å². The van der Waals surface area contributed by atoms with Crippen LogP contribution in [-0.2, 0) is 16.1 Å². The minimum absolute atomic E-state index is 0.130. The third kappa shape index (κ3) is 3.08. The molecule has 0 fully saturated rings. The molecule has 0 bridgehead atoms. The van der Waals surface area contributed by atoms with Crippen LogP contribution in [0, 0.1) is 0 Å². The number of rotatable bonds is 4. The molecule has 0 saturated heterocycles. The van der Waals surface area contributed by atoms with Crippen LogP contribution in [0.2, 0.25) is 0 Å². The van der Waals surface area contributed by atoms with Gasteiger partial charge in [0.25, 0.3) is 0 Å². The van der Waals surface area contributed by atoms with Crippen molar-refractivity contribution in [1.82, 2.24) is 4.98 Å². The summed E-state index contributed by atoms with van der Waals surface area (Å²) in [6.45, 7) is 2.19. The summed E-state index contributed by atoms with van der Waals surface area (Å²) < 4.78 is 10.0. The first-order chi connectivity index (χ1) is 13.1. The fourth-order valence-corrected chi connectivity index (χ4v) is 3.89. The minimum atomic E-state index is -0.456. The number of ether oxygens (including phenoxy) is 1. The van der Waals surface area contributed by atoms with E-state index in [1.54, 1.807) is 37.6 Å². The second-order valence-electron chi connectivity index (χ2n) is 6.14. The Balaban J connectivity index is 1.72. The molecule has 3 aromatic rings. The van der Waals surface area contributed by atoms with Gasteiger partial charge in [0.2, 0.25) is 5.91 Å². The van der Waals surface area contributed by atoms with Gasteiger partial charge in [-0.15, -0.1) is 11.3 Å². The standard InChI is InChI=1S/C19H17N3O4S/c1-11-17(23)21-15-5-3-4-14(19(24)25-2)16(15)22(11)8-13-10-27-18(20-13)12-6-7-26-9-12/h3-7,9-11H,8H2,1-2H3,(H,21,23).